The summed E-state index contributed by atoms with van der Waals surface area (Å²) in [5, 5.41) is 4.43. The number of benzene rings is 1. The maximum Gasteiger partial charge on any atom is 0.257 e. The molecule has 156 valence electrons. The highest BCUT2D eigenvalue weighted by Gasteiger charge is 2.29. The summed E-state index contributed by atoms with van der Waals surface area (Å²) in [6, 6.07) is 10.6. The van der Waals surface area contributed by atoms with Crippen LogP contribution in [0.15, 0.2) is 36.5 Å². The lowest BCUT2D eigenvalue weighted by Gasteiger charge is -2.35. The minimum Gasteiger partial charge on any atom is -0.354 e. The van der Waals surface area contributed by atoms with Gasteiger partial charge in [0.05, 0.1) is 11.3 Å². The van der Waals surface area contributed by atoms with E-state index in [1.807, 2.05) is 24.0 Å². The van der Waals surface area contributed by atoms with Crippen molar-refractivity contribution in [2.24, 2.45) is 0 Å². The predicted octanol–water partition coefficient (Wildman–Crippen LogP) is 5.70. The zero-order valence-electron chi connectivity index (χ0n) is 18.3. The van der Waals surface area contributed by atoms with Gasteiger partial charge in [-0.25, -0.2) is 9.97 Å². The van der Waals surface area contributed by atoms with Crippen LogP contribution in [0.25, 0.3) is 11.0 Å². The second-order valence-electron chi connectivity index (χ2n) is 8.37. The minimum atomic E-state index is 0.0591. The van der Waals surface area contributed by atoms with E-state index >= 15 is 0 Å². The summed E-state index contributed by atoms with van der Waals surface area (Å²) in [7, 11) is 0. The largest absolute Gasteiger partial charge is 0.354 e. The molecule has 1 aromatic carbocycles. The van der Waals surface area contributed by atoms with Crippen molar-refractivity contribution in [2.45, 2.75) is 59.4 Å². The molecule has 0 aliphatic carbocycles. The molecule has 1 atom stereocenters. The number of rotatable bonds is 4. The average molecular weight is 403 g/mol. The number of anilines is 2. The molecule has 5 nitrogen and oxygen atoms in total. The second kappa shape index (κ2) is 8.42. The van der Waals surface area contributed by atoms with E-state index in [2.05, 4.69) is 54.3 Å². The van der Waals surface area contributed by atoms with E-state index in [0.29, 0.717) is 17.3 Å². The molecule has 0 spiro atoms. The number of likely N-dealkylation sites (tertiary alicyclic amines) is 1. The van der Waals surface area contributed by atoms with E-state index in [1.165, 1.54) is 12.0 Å². The third-order valence-electron chi connectivity index (χ3n) is 6.10. The molecule has 4 rings (SSSR count). The maximum atomic E-state index is 13.7. The fourth-order valence-electron chi connectivity index (χ4n) is 4.40. The summed E-state index contributed by atoms with van der Waals surface area (Å²) < 4.78 is 0. The van der Waals surface area contributed by atoms with Gasteiger partial charge in [-0.05, 0) is 70.2 Å². The van der Waals surface area contributed by atoms with Crippen LogP contribution in [0.1, 0.15) is 59.8 Å². The number of pyridine rings is 2. The number of carbonyl (C=O) groups excluding carboxylic acids is 1. The van der Waals surface area contributed by atoms with Crippen molar-refractivity contribution < 1.29 is 4.79 Å². The highest BCUT2D eigenvalue weighted by molar-refractivity contribution is 6.07. The van der Waals surface area contributed by atoms with Gasteiger partial charge in [0.2, 0.25) is 0 Å². The molecule has 5 heteroatoms. The van der Waals surface area contributed by atoms with E-state index in [-0.39, 0.29) is 5.91 Å². The van der Waals surface area contributed by atoms with E-state index < -0.39 is 0 Å². The molecule has 3 heterocycles. The Kier molecular flexibility index (Phi) is 5.71. The Bertz CT molecular complexity index is 1090. The SMILES string of the molecule is CC[C@@H]1CCCCN1C(=O)c1cnc2nc(C)ccc2c1Nc1ccc(C)cc1C. The number of fused-ring (bicyclic) bond motifs is 1. The van der Waals surface area contributed by atoms with Crippen molar-refractivity contribution in [2.75, 3.05) is 11.9 Å². The van der Waals surface area contributed by atoms with Gasteiger partial charge in [-0.15, -0.1) is 0 Å². The number of hydrogen-bond donors (Lipinski definition) is 1. The molecule has 1 N–H and O–H groups in total. The van der Waals surface area contributed by atoms with Gasteiger partial charge in [0.1, 0.15) is 0 Å². The van der Waals surface area contributed by atoms with Crippen LogP contribution < -0.4 is 5.32 Å². The first-order chi connectivity index (χ1) is 14.5. The number of piperidine rings is 1. The summed E-state index contributed by atoms with van der Waals surface area (Å²) in [4.78, 5) is 24.8. The van der Waals surface area contributed by atoms with Crippen molar-refractivity contribution in [1.29, 1.82) is 0 Å². The normalized spacial score (nSPS) is 16.7. The van der Waals surface area contributed by atoms with Crippen LogP contribution in [0.4, 0.5) is 11.4 Å². The van der Waals surface area contributed by atoms with E-state index in [9.17, 15) is 4.79 Å². The number of aryl methyl sites for hydroxylation is 3. The molecule has 1 fully saturated rings. The monoisotopic (exact) mass is 402 g/mol. The van der Waals surface area contributed by atoms with Crippen molar-refractivity contribution in [1.82, 2.24) is 14.9 Å². The van der Waals surface area contributed by atoms with Crippen LogP contribution in [0.2, 0.25) is 0 Å². The molecule has 1 saturated heterocycles. The van der Waals surface area contributed by atoms with Gasteiger partial charge in [-0.1, -0.05) is 24.6 Å². The number of amides is 1. The molecule has 0 unspecified atom stereocenters. The van der Waals surface area contributed by atoms with Gasteiger partial charge >= 0.3 is 0 Å². The van der Waals surface area contributed by atoms with Gasteiger partial charge < -0.3 is 10.2 Å². The fourth-order valence-corrected chi connectivity index (χ4v) is 4.40. The summed E-state index contributed by atoms with van der Waals surface area (Å²) in [5.74, 6) is 0.0591. The third kappa shape index (κ3) is 3.89. The van der Waals surface area contributed by atoms with Gasteiger partial charge in [-0.3, -0.25) is 4.79 Å². The Labute approximate surface area is 178 Å². The molecule has 3 aromatic rings. The molecule has 2 aromatic heterocycles. The average Bonchev–Trinajstić information content (AvgIpc) is 2.75. The van der Waals surface area contributed by atoms with Gasteiger partial charge in [0.15, 0.2) is 5.65 Å². The first-order valence-electron chi connectivity index (χ1n) is 10.9. The summed E-state index contributed by atoms with van der Waals surface area (Å²) in [5.41, 5.74) is 6.33. The van der Waals surface area contributed by atoms with Crippen molar-refractivity contribution in [3.8, 4) is 0 Å². The highest BCUT2D eigenvalue weighted by atomic mass is 16.2. The van der Waals surface area contributed by atoms with Crippen LogP contribution in [-0.2, 0) is 0 Å². The van der Waals surface area contributed by atoms with Crippen molar-refractivity contribution in [3.63, 3.8) is 0 Å². The van der Waals surface area contributed by atoms with Gasteiger partial charge in [0.25, 0.3) is 5.91 Å². The van der Waals surface area contributed by atoms with Crippen LogP contribution in [0, 0.1) is 20.8 Å². The van der Waals surface area contributed by atoms with Crippen LogP contribution in [0.3, 0.4) is 0 Å². The summed E-state index contributed by atoms with van der Waals surface area (Å²) in [6.07, 6.45) is 6.00. The van der Waals surface area contributed by atoms with Crippen molar-refractivity contribution >= 4 is 28.3 Å². The topological polar surface area (TPSA) is 58.1 Å². The first-order valence-corrected chi connectivity index (χ1v) is 10.9. The molecule has 1 aliphatic rings. The van der Waals surface area contributed by atoms with Gasteiger partial charge in [0, 0.05) is 35.6 Å². The van der Waals surface area contributed by atoms with Crippen LogP contribution in [0.5, 0.6) is 0 Å². The Morgan fingerprint density at radius 3 is 2.77 bits per heavy atom. The van der Waals surface area contributed by atoms with E-state index in [4.69, 9.17) is 0 Å². The lowest BCUT2D eigenvalue weighted by atomic mass is 9.98. The molecular weight excluding hydrogens is 372 g/mol. The second-order valence-corrected chi connectivity index (χ2v) is 8.37. The molecule has 30 heavy (non-hydrogen) atoms. The molecule has 1 amide bonds. The maximum absolute atomic E-state index is 13.7. The number of hydrogen-bond acceptors (Lipinski definition) is 4. The van der Waals surface area contributed by atoms with Crippen LogP contribution in [-0.4, -0.2) is 33.4 Å². The number of aromatic nitrogens is 2. The fraction of sp³-hybridized carbons (Fsp3) is 0.400. The Hall–Kier alpha value is -2.95. The number of nitrogens with zero attached hydrogens (tertiary/aromatic N) is 3. The lowest BCUT2D eigenvalue weighted by molar-refractivity contribution is 0.0609. The zero-order chi connectivity index (χ0) is 21.3. The Morgan fingerprint density at radius 1 is 1.17 bits per heavy atom. The van der Waals surface area contributed by atoms with Gasteiger partial charge in [-0.2, -0.15) is 0 Å². The minimum absolute atomic E-state index is 0.0591. The number of nitrogens with one attached hydrogen (secondary N) is 1. The first kappa shape index (κ1) is 20.3. The summed E-state index contributed by atoms with van der Waals surface area (Å²) >= 11 is 0. The van der Waals surface area contributed by atoms with Crippen LogP contribution >= 0.6 is 0 Å². The standard InChI is InChI=1S/C25H30N4O/c1-5-19-8-6-7-13-29(19)25(30)21-15-26-24-20(11-10-18(4)27-24)23(21)28-22-12-9-16(2)14-17(22)3/h9-12,14-15,19H,5-8,13H2,1-4H3,(H,26,27,28)/t19-/m1/s1. The predicted molar refractivity (Wildman–Crippen MR) is 122 cm³/mol. The van der Waals surface area contributed by atoms with Crippen molar-refractivity contribution in [3.05, 3.63) is 58.9 Å². The smallest absolute Gasteiger partial charge is 0.257 e. The molecular formula is C25H30N4O. The van der Waals surface area contributed by atoms with E-state index in [1.54, 1.807) is 6.20 Å². The third-order valence-corrected chi connectivity index (χ3v) is 6.10. The number of carbonyl (C=O) groups is 1. The highest BCUT2D eigenvalue weighted by Crippen LogP contribution is 2.32. The Balaban J connectivity index is 1.83. The quantitative estimate of drug-likeness (QED) is 0.608. The zero-order valence-corrected chi connectivity index (χ0v) is 18.3. The molecule has 0 bridgehead atoms. The summed E-state index contributed by atoms with van der Waals surface area (Å²) in [6.45, 7) is 9.10. The molecule has 1 aliphatic heterocycles. The molecule has 0 saturated carbocycles. The Morgan fingerprint density at radius 2 is 2.00 bits per heavy atom. The van der Waals surface area contributed by atoms with E-state index in [0.717, 1.165) is 53.8 Å². The lowest BCUT2D eigenvalue weighted by Crippen LogP contribution is -2.43. The molecule has 0 radical (unpaired) electrons.